The molecule has 1 aromatic carbocycles. The van der Waals surface area contributed by atoms with Crippen LogP contribution in [0.5, 0.6) is 5.75 Å². The molecule has 3 nitrogen and oxygen atoms in total. The third-order valence-corrected chi connectivity index (χ3v) is 5.18. The highest BCUT2D eigenvalue weighted by Crippen LogP contribution is 2.42. The summed E-state index contributed by atoms with van der Waals surface area (Å²) in [5, 5.41) is 13.4. The summed E-state index contributed by atoms with van der Waals surface area (Å²) in [6.07, 6.45) is 6.13. The number of hydrogen-bond acceptors (Lipinski definition) is 3. The number of allylic oxidation sites excluding steroid dienone is 3. The van der Waals surface area contributed by atoms with Gasteiger partial charge in [0.1, 0.15) is 5.75 Å². The summed E-state index contributed by atoms with van der Waals surface area (Å²) in [5.74, 6) is 0.657. The van der Waals surface area contributed by atoms with Crippen molar-refractivity contribution in [3.63, 3.8) is 0 Å². The van der Waals surface area contributed by atoms with Gasteiger partial charge in [-0.2, -0.15) is 0 Å². The van der Waals surface area contributed by atoms with E-state index in [2.05, 4.69) is 46.9 Å². The number of rotatable bonds is 3. The predicted octanol–water partition coefficient (Wildman–Crippen LogP) is 4.57. The molecular weight excluding hydrogens is 354 g/mol. The van der Waals surface area contributed by atoms with Crippen molar-refractivity contribution in [2.24, 2.45) is 5.92 Å². The van der Waals surface area contributed by atoms with Gasteiger partial charge in [-0.3, -0.25) is 0 Å². The summed E-state index contributed by atoms with van der Waals surface area (Å²) in [5.41, 5.74) is 3.40. The van der Waals surface area contributed by atoms with Crippen LogP contribution in [0.2, 0.25) is 0 Å². The Morgan fingerprint density at radius 1 is 1.48 bits per heavy atom. The maximum Gasteiger partial charge on any atom is 0.115 e. The number of aromatic hydroxyl groups is 1. The van der Waals surface area contributed by atoms with Crippen molar-refractivity contribution in [2.75, 3.05) is 6.61 Å². The first-order chi connectivity index (χ1) is 11.1. The molecule has 3 rings (SSSR count). The maximum absolute atomic E-state index is 9.81. The van der Waals surface area contributed by atoms with E-state index < -0.39 is 0 Å². The lowest BCUT2D eigenvalue weighted by atomic mass is 9.77. The van der Waals surface area contributed by atoms with E-state index in [1.807, 2.05) is 12.1 Å². The molecule has 0 saturated carbocycles. The van der Waals surface area contributed by atoms with Crippen LogP contribution in [0.3, 0.4) is 0 Å². The van der Waals surface area contributed by atoms with Gasteiger partial charge in [0.05, 0.1) is 12.1 Å². The van der Waals surface area contributed by atoms with Gasteiger partial charge in [0.15, 0.2) is 0 Å². The molecule has 2 aliphatic rings. The molecule has 122 valence electrons. The number of benzene rings is 1. The quantitative estimate of drug-likeness (QED) is 0.760. The molecule has 2 heterocycles. The Morgan fingerprint density at radius 2 is 2.30 bits per heavy atom. The molecule has 4 heteroatoms. The van der Waals surface area contributed by atoms with Crippen LogP contribution >= 0.6 is 15.9 Å². The summed E-state index contributed by atoms with van der Waals surface area (Å²) >= 11 is 3.52. The molecule has 0 aliphatic carbocycles. The Labute approximate surface area is 145 Å². The fourth-order valence-electron chi connectivity index (χ4n) is 3.55. The fourth-order valence-corrected chi connectivity index (χ4v) is 3.80. The van der Waals surface area contributed by atoms with E-state index in [9.17, 15) is 5.11 Å². The summed E-state index contributed by atoms with van der Waals surface area (Å²) in [6.45, 7) is 6.68. The van der Waals surface area contributed by atoms with Gasteiger partial charge in [-0.1, -0.05) is 40.7 Å². The number of hydrogen-bond donors (Lipinski definition) is 2. The van der Waals surface area contributed by atoms with Crippen molar-refractivity contribution < 1.29 is 9.84 Å². The first-order valence-electron chi connectivity index (χ1n) is 7.97. The van der Waals surface area contributed by atoms with Crippen LogP contribution < -0.4 is 5.32 Å². The molecule has 0 aromatic heterocycles. The van der Waals surface area contributed by atoms with Gasteiger partial charge in [0.25, 0.3) is 0 Å². The second-order valence-electron chi connectivity index (χ2n) is 6.13. The van der Waals surface area contributed by atoms with Gasteiger partial charge in [-0.25, -0.2) is 0 Å². The molecule has 3 unspecified atom stereocenters. The monoisotopic (exact) mass is 375 g/mol. The van der Waals surface area contributed by atoms with Gasteiger partial charge in [-0.05, 0) is 43.5 Å². The molecule has 0 amide bonds. The molecule has 1 aromatic rings. The molecule has 0 bridgehead atoms. The highest BCUT2D eigenvalue weighted by atomic mass is 79.9. The average molecular weight is 376 g/mol. The number of nitrogens with one attached hydrogen (secondary N) is 1. The largest absolute Gasteiger partial charge is 0.508 e. The van der Waals surface area contributed by atoms with E-state index in [0.29, 0.717) is 11.7 Å². The zero-order valence-electron chi connectivity index (χ0n) is 13.3. The molecule has 2 aliphatic heterocycles. The van der Waals surface area contributed by atoms with Gasteiger partial charge in [0, 0.05) is 28.3 Å². The number of ether oxygens (including phenoxy) is 1. The number of fused-ring (bicyclic) bond motifs is 1. The topological polar surface area (TPSA) is 41.5 Å². The minimum Gasteiger partial charge on any atom is -0.508 e. The lowest BCUT2D eigenvalue weighted by molar-refractivity contribution is -0.0212. The summed E-state index contributed by atoms with van der Waals surface area (Å²) in [4.78, 5) is 0. The van der Waals surface area contributed by atoms with Crippen molar-refractivity contribution in [3.8, 4) is 5.75 Å². The fraction of sp³-hybridized carbons (Fsp3) is 0.368. The van der Waals surface area contributed by atoms with Gasteiger partial charge < -0.3 is 15.2 Å². The smallest absolute Gasteiger partial charge is 0.115 e. The Kier molecular flexibility index (Phi) is 4.93. The molecular formula is C19H22BrNO2. The minimum absolute atomic E-state index is 0.0739. The lowest BCUT2D eigenvalue weighted by Crippen LogP contribution is -2.45. The van der Waals surface area contributed by atoms with Crippen molar-refractivity contribution in [1.29, 1.82) is 0 Å². The summed E-state index contributed by atoms with van der Waals surface area (Å²) in [6, 6.07) is 7.67. The van der Waals surface area contributed by atoms with Crippen LogP contribution in [0.4, 0.5) is 0 Å². The molecule has 1 fully saturated rings. The highest BCUT2D eigenvalue weighted by molar-refractivity contribution is 9.11. The van der Waals surface area contributed by atoms with Crippen LogP contribution in [-0.2, 0) is 4.74 Å². The summed E-state index contributed by atoms with van der Waals surface area (Å²) in [7, 11) is 0. The number of halogens is 1. The molecule has 1 saturated heterocycles. The van der Waals surface area contributed by atoms with E-state index in [0.717, 1.165) is 35.2 Å². The standard InChI is InChI=1S/C19H22BrNO2/c1-3-14(20)11-17-12(2)21-18(13-6-4-7-15(22)10-13)16-8-5-9-23-19(16)17/h3-4,6-7,10-11,16,18-19,21-22H,1,5,8-9H2,2H3/b14-11+. The second kappa shape index (κ2) is 6.93. The van der Waals surface area contributed by atoms with Gasteiger partial charge >= 0.3 is 0 Å². The third-order valence-electron chi connectivity index (χ3n) is 4.63. The second-order valence-corrected chi connectivity index (χ2v) is 7.04. The Morgan fingerprint density at radius 3 is 3.04 bits per heavy atom. The first-order valence-corrected chi connectivity index (χ1v) is 8.77. The van der Waals surface area contributed by atoms with E-state index >= 15 is 0 Å². The Balaban J connectivity index is 2.00. The number of phenols is 1. The molecule has 0 spiro atoms. The molecule has 2 N–H and O–H groups in total. The van der Waals surface area contributed by atoms with E-state index in [1.54, 1.807) is 12.1 Å². The van der Waals surface area contributed by atoms with Crippen molar-refractivity contribution in [3.05, 3.63) is 64.3 Å². The highest BCUT2D eigenvalue weighted by Gasteiger charge is 2.39. The Hall–Kier alpha value is -1.52. The van der Waals surface area contributed by atoms with Crippen molar-refractivity contribution in [1.82, 2.24) is 5.32 Å². The van der Waals surface area contributed by atoms with Crippen LogP contribution in [0.1, 0.15) is 31.4 Å². The zero-order valence-corrected chi connectivity index (χ0v) is 14.8. The van der Waals surface area contributed by atoms with Crippen molar-refractivity contribution >= 4 is 15.9 Å². The SMILES string of the molecule is C=C/C(Br)=C\C1=C(C)NC(c2cccc(O)c2)C2CCCOC12. The third kappa shape index (κ3) is 3.38. The van der Waals surface area contributed by atoms with Gasteiger partial charge in [0.2, 0.25) is 0 Å². The van der Waals surface area contributed by atoms with Crippen LogP contribution in [0, 0.1) is 5.92 Å². The van der Waals surface area contributed by atoms with Crippen LogP contribution in [-0.4, -0.2) is 17.8 Å². The van der Waals surface area contributed by atoms with E-state index in [-0.39, 0.29) is 12.1 Å². The molecule has 23 heavy (non-hydrogen) atoms. The average Bonchev–Trinajstić information content (AvgIpc) is 2.57. The van der Waals surface area contributed by atoms with Crippen LogP contribution in [0.15, 0.2) is 58.7 Å². The zero-order chi connectivity index (χ0) is 16.4. The Bertz CT molecular complexity index is 665. The van der Waals surface area contributed by atoms with Gasteiger partial charge in [-0.15, -0.1) is 0 Å². The first kappa shape index (κ1) is 16.3. The minimum atomic E-state index is 0.0739. The normalized spacial score (nSPS) is 28.1. The molecule has 0 radical (unpaired) electrons. The van der Waals surface area contributed by atoms with E-state index in [1.165, 1.54) is 5.57 Å². The van der Waals surface area contributed by atoms with E-state index in [4.69, 9.17) is 4.74 Å². The van der Waals surface area contributed by atoms with Crippen molar-refractivity contribution in [2.45, 2.75) is 31.9 Å². The maximum atomic E-state index is 9.81. The lowest BCUT2D eigenvalue weighted by Gasteiger charge is -2.43. The predicted molar refractivity (Wildman–Crippen MR) is 96.4 cm³/mol. The summed E-state index contributed by atoms with van der Waals surface area (Å²) < 4.78 is 7.09. The number of phenolic OH excluding ortho intramolecular Hbond substituents is 1. The van der Waals surface area contributed by atoms with Crippen LogP contribution in [0.25, 0.3) is 0 Å². The molecule has 3 atom stereocenters.